The van der Waals surface area contributed by atoms with Crippen molar-refractivity contribution in [1.82, 2.24) is 0 Å². The van der Waals surface area contributed by atoms with Crippen LogP contribution >= 0.6 is 0 Å². The summed E-state index contributed by atoms with van der Waals surface area (Å²) in [6.07, 6.45) is 0.752. The number of carbonyl (C=O) groups is 1. The molecule has 0 radical (unpaired) electrons. The fraction of sp³-hybridized carbons (Fsp3) is 0.364. The second-order valence-corrected chi connectivity index (χ2v) is 2.95. The SMILES string of the molecule is COCc1c(OC)cc(C=O)cc1OC. The lowest BCUT2D eigenvalue weighted by molar-refractivity contribution is 0.112. The molecule has 4 heteroatoms. The molecule has 0 fully saturated rings. The van der Waals surface area contributed by atoms with Crippen molar-refractivity contribution >= 4 is 6.29 Å². The summed E-state index contributed by atoms with van der Waals surface area (Å²) < 4.78 is 15.4. The molecule has 0 saturated carbocycles. The van der Waals surface area contributed by atoms with Crippen molar-refractivity contribution in [2.45, 2.75) is 6.61 Å². The van der Waals surface area contributed by atoms with Gasteiger partial charge in [0.25, 0.3) is 0 Å². The lowest BCUT2D eigenvalue weighted by Gasteiger charge is -2.13. The Hall–Kier alpha value is -1.55. The van der Waals surface area contributed by atoms with Crippen LogP contribution in [0.2, 0.25) is 0 Å². The van der Waals surface area contributed by atoms with Crippen LogP contribution in [-0.4, -0.2) is 27.6 Å². The third kappa shape index (κ3) is 2.47. The molecule has 1 rings (SSSR count). The van der Waals surface area contributed by atoms with Crippen LogP contribution in [0.3, 0.4) is 0 Å². The summed E-state index contributed by atoms with van der Waals surface area (Å²) in [6, 6.07) is 3.31. The van der Waals surface area contributed by atoms with E-state index in [9.17, 15) is 4.79 Å². The Morgan fingerprint density at radius 1 is 1.13 bits per heavy atom. The Labute approximate surface area is 88.8 Å². The molecule has 4 nitrogen and oxygen atoms in total. The monoisotopic (exact) mass is 210 g/mol. The molecule has 1 aromatic rings. The summed E-state index contributed by atoms with van der Waals surface area (Å²) in [4.78, 5) is 10.7. The molecule has 0 saturated heterocycles. The second-order valence-electron chi connectivity index (χ2n) is 2.95. The maximum absolute atomic E-state index is 10.7. The minimum Gasteiger partial charge on any atom is -0.496 e. The Morgan fingerprint density at radius 2 is 1.67 bits per heavy atom. The number of rotatable bonds is 5. The van der Waals surface area contributed by atoms with Crippen LogP contribution in [0.5, 0.6) is 11.5 Å². The average molecular weight is 210 g/mol. The highest BCUT2D eigenvalue weighted by atomic mass is 16.5. The quantitative estimate of drug-likeness (QED) is 0.693. The van der Waals surface area contributed by atoms with Crippen molar-refractivity contribution in [2.24, 2.45) is 0 Å². The molecule has 0 heterocycles. The first kappa shape index (κ1) is 11.5. The molecule has 0 bridgehead atoms. The van der Waals surface area contributed by atoms with Crippen LogP contribution in [0.15, 0.2) is 12.1 Å². The number of carbonyl (C=O) groups excluding carboxylic acids is 1. The number of benzene rings is 1. The van der Waals surface area contributed by atoms with Gasteiger partial charge in [-0.25, -0.2) is 0 Å². The number of methoxy groups -OCH3 is 3. The average Bonchev–Trinajstić information content (AvgIpc) is 2.29. The van der Waals surface area contributed by atoms with Crippen LogP contribution in [0, 0.1) is 0 Å². The zero-order valence-electron chi connectivity index (χ0n) is 9.07. The summed E-state index contributed by atoms with van der Waals surface area (Å²) in [5.41, 5.74) is 1.32. The van der Waals surface area contributed by atoms with Gasteiger partial charge in [0, 0.05) is 12.7 Å². The van der Waals surface area contributed by atoms with E-state index in [2.05, 4.69) is 0 Å². The van der Waals surface area contributed by atoms with E-state index in [-0.39, 0.29) is 0 Å². The Balaban J connectivity index is 3.25. The first-order valence-electron chi connectivity index (χ1n) is 4.45. The van der Waals surface area contributed by atoms with Gasteiger partial charge in [-0.15, -0.1) is 0 Å². The first-order chi connectivity index (χ1) is 7.26. The van der Waals surface area contributed by atoms with Gasteiger partial charge in [0.15, 0.2) is 0 Å². The first-order valence-corrected chi connectivity index (χ1v) is 4.45. The summed E-state index contributed by atoms with van der Waals surface area (Å²) in [5.74, 6) is 1.19. The van der Waals surface area contributed by atoms with E-state index in [1.807, 2.05) is 0 Å². The van der Waals surface area contributed by atoms with Crippen molar-refractivity contribution in [2.75, 3.05) is 21.3 Å². The highest BCUT2D eigenvalue weighted by Crippen LogP contribution is 2.30. The normalized spacial score (nSPS) is 9.80. The Kier molecular flexibility index (Phi) is 4.12. The van der Waals surface area contributed by atoms with E-state index in [4.69, 9.17) is 14.2 Å². The predicted octanol–water partition coefficient (Wildman–Crippen LogP) is 1.66. The van der Waals surface area contributed by atoms with Gasteiger partial charge in [-0.1, -0.05) is 0 Å². The Bertz CT molecular complexity index is 321. The molecular formula is C11H14O4. The number of ether oxygens (including phenoxy) is 3. The molecule has 0 aliphatic heterocycles. The van der Waals surface area contributed by atoms with Gasteiger partial charge < -0.3 is 14.2 Å². The van der Waals surface area contributed by atoms with Crippen LogP contribution < -0.4 is 9.47 Å². The van der Waals surface area contributed by atoms with Crippen molar-refractivity contribution in [3.05, 3.63) is 23.3 Å². The van der Waals surface area contributed by atoms with Gasteiger partial charge in [-0.2, -0.15) is 0 Å². The maximum atomic E-state index is 10.7. The van der Waals surface area contributed by atoms with E-state index >= 15 is 0 Å². The highest BCUT2D eigenvalue weighted by molar-refractivity contribution is 5.77. The summed E-state index contributed by atoms with van der Waals surface area (Å²) in [5, 5.41) is 0. The van der Waals surface area contributed by atoms with Gasteiger partial charge in [0.2, 0.25) is 0 Å². The summed E-state index contributed by atoms with van der Waals surface area (Å²) in [7, 11) is 4.68. The molecule has 0 amide bonds. The molecule has 0 spiro atoms. The molecule has 0 N–H and O–H groups in total. The van der Waals surface area contributed by atoms with E-state index < -0.39 is 0 Å². The highest BCUT2D eigenvalue weighted by Gasteiger charge is 2.11. The fourth-order valence-electron chi connectivity index (χ4n) is 1.36. The van der Waals surface area contributed by atoms with E-state index in [0.29, 0.717) is 23.7 Å². The van der Waals surface area contributed by atoms with Crippen molar-refractivity contribution < 1.29 is 19.0 Å². The number of hydrogen-bond acceptors (Lipinski definition) is 4. The van der Waals surface area contributed by atoms with Crippen LogP contribution in [0.4, 0.5) is 0 Å². The summed E-state index contributed by atoms with van der Waals surface area (Å²) in [6.45, 7) is 0.380. The molecule has 0 aromatic heterocycles. The molecule has 0 aliphatic carbocycles. The van der Waals surface area contributed by atoms with Gasteiger partial charge in [0.05, 0.1) is 26.4 Å². The molecule has 1 aromatic carbocycles. The molecule has 82 valence electrons. The third-order valence-electron chi connectivity index (χ3n) is 2.05. The van der Waals surface area contributed by atoms with E-state index in [1.165, 1.54) is 0 Å². The second kappa shape index (κ2) is 5.36. The maximum Gasteiger partial charge on any atom is 0.150 e. The van der Waals surface area contributed by atoms with E-state index in [0.717, 1.165) is 11.8 Å². The van der Waals surface area contributed by atoms with Gasteiger partial charge in [-0.05, 0) is 12.1 Å². The standard InChI is InChI=1S/C11H14O4/c1-13-7-9-10(14-2)4-8(6-12)5-11(9)15-3/h4-6H,7H2,1-3H3. The third-order valence-corrected chi connectivity index (χ3v) is 2.05. The molecule has 0 unspecified atom stereocenters. The minimum absolute atomic E-state index is 0.380. The van der Waals surface area contributed by atoms with Crippen molar-refractivity contribution in [1.29, 1.82) is 0 Å². The van der Waals surface area contributed by atoms with Crippen molar-refractivity contribution in [3.63, 3.8) is 0 Å². The molecular weight excluding hydrogens is 196 g/mol. The van der Waals surface area contributed by atoms with Crippen molar-refractivity contribution in [3.8, 4) is 11.5 Å². The van der Waals surface area contributed by atoms with Gasteiger partial charge in [-0.3, -0.25) is 4.79 Å². The summed E-state index contributed by atoms with van der Waals surface area (Å²) >= 11 is 0. The van der Waals surface area contributed by atoms with E-state index in [1.54, 1.807) is 33.5 Å². The largest absolute Gasteiger partial charge is 0.496 e. The van der Waals surface area contributed by atoms with Gasteiger partial charge in [0.1, 0.15) is 17.8 Å². The smallest absolute Gasteiger partial charge is 0.150 e. The fourth-order valence-corrected chi connectivity index (χ4v) is 1.36. The zero-order chi connectivity index (χ0) is 11.3. The predicted molar refractivity (Wildman–Crippen MR) is 55.6 cm³/mol. The lowest BCUT2D eigenvalue weighted by atomic mass is 10.1. The molecule has 0 atom stereocenters. The molecule has 15 heavy (non-hydrogen) atoms. The zero-order valence-corrected chi connectivity index (χ0v) is 9.07. The number of aldehydes is 1. The minimum atomic E-state index is 0.380. The topological polar surface area (TPSA) is 44.8 Å². The van der Waals surface area contributed by atoms with Crippen LogP contribution in [0.25, 0.3) is 0 Å². The molecule has 0 aliphatic rings. The number of hydrogen-bond donors (Lipinski definition) is 0. The Morgan fingerprint density at radius 3 is 2.00 bits per heavy atom. The van der Waals surface area contributed by atoms with Gasteiger partial charge >= 0.3 is 0 Å². The van der Waals surface area contributed by atoms with Crippen LogP contribution in [-0.2, 0) is 11.3 Å². The lowest BCUT2D eigenvalue weighted by Crippen LogP contribution is -1.99. The van der Waals surface area contributed by atoms with Crippen LogP contribution in [0.1, 0.15) is 15.9 Å².